The first-order chi connectivity index (χ1) is 11.1. The summed E-state index contributed by atoms with van der Waals surface area (Å²) in [5.41, 5.74) is 5.87. The van der Waals surface area contributed by atoms with Gasteiger partial charge in [0, 0.05) is 22.6 Å². The zero-order valence-corrected chi connectivity index (χ0v) is 15.8. The van der Waals surface area contributed by atoms with E-state index in [2.05, 4.69) is 82.4 Å². The maximum atomic E-state index is 4.95. The molecule has 0 radical (unpaired) electrons. The van der Waals surface area contributed by atoms with E-state index < -0.39 is 0 Å². The first-order valence-corrected chi connectivity index (χ1v) is 8.55. The van der Waals surface area contributed by atoms with Gasteiger partial charge in [-0.15, -0.1) is 0 Å². The minimum atomic E-state index is -0.00571. The van der Waals surface area contributed by atoms with Gasteiger partial charge in [0.1, 0.15) is 0 Å². The molecule has 0 fully saturated rings. The van der Waals surface area contributed by atoms with Crippen LogP contribution in [0.4, 0.5) is 0 Å². The summed E-state index contributed by atoms with van der Waals surface area (Å²) in [4.78, 5) is 4.50. The predicted octanol–water partition coefficient (Wildman–Crippen LogP) is 5.32. The van der Waals surface area contributed by atoms with Crippen molar-refractivity contribution in [3.63, 3.8) is 0 Å². The second kappa shape index (κ2) is 5.44. The first kappa shape index (κ1) is 16.7. The number of rotatable bonds is 1. The predicted molar refractivity (Wildman–Crippen MR) is 101 cm³/mol. The van der Waals surface area contributed by atoms with E-state index >= 15 is 0 Å². The van der Waals surface area contributed by atoms with Crippen LogP contribution in [0.1, 0.15) is 58.5 Å². The molecule has 3 aromatic rings. The standard InChI is InChI=1S/C21H27N3/c1-14-18(20(2,3)4)19(21(5,6)7)24(23-14)17-12-8-11-16-15(17)10-9-13-22-16/h8-13H,1-7H3. The van der Waals surface area contributed by atoms with Gasteiger partial charge in [0.25, 0.3) is 0 Å². The highest BCUT2D eigenvalue weighted by Gasteiger charge is 2.32. The summed E-state index contributed by atoms with van der Waals surface area (Å²) in [5, 5.41) is 6.09. The molecule has 0 bridgehead atoms. The number of aromatic nitrogens is 3. The van der Waals surface area contributed by atoms with E-state index in [0.29, 0.717) is 0 Å². The van der Waals surface area contributed by atoms with Crippen molar-refractivity contribution >= 4 is 10.9 Å². The molecular formula is C21H27N3. The van der Waals surface area contributed by atoms with E-state index in [1.165, 1.54) is 11.3 Å². The largest absolute Gasteiger partial charge is 0.256 e. The number of aryl methyl sites for hydroxylation is 1. The van der Waals surface area contributed by atoms with Crippen molar-refractivity contribution in [3.05, 3.63) is 53.5 Å². The third-order valence-corrected chi connectivity index (χ3v) is 4.37. The normalized spacial score (nSPS) is 12.8. The Bertz CT molecular complexity index is 884. The molecule has 0 spiro atoms. The highest BCUT2D eigenvalue weighted by molar-refractivity contribution is 5.87. The van der Waals surface area contributed by atoms with Crippen molar-refractivity contribution in [2.75, 3.05) is 0 Å². The fourth-order valence-corrected chi connectivity index (χ4v) is 3.56. The van der Waals surface area contributed by atoms with Gasteiger partial charge in [0.2, 0.25) is 0 Å². The van der Waals surface area contributed by atoms with E-state index in [1.54, 1.807) is 0 Å². The molecule has 1 aromatic carbocycles. The molecule has 2 heterocycles. The second-order valence-electron chi connectivity index (χ2n) is 8.57. The van der Waals surface area contributed by atoms with Gasteiger partial charge in [-0.05, 0) is 36.6 Å². The van der Waals surface area contributed by atoms with Crippen LogP contribution in [0.25, 0.3) is 16.6 Å². The topological polar surface area (TPSA) is 30.7 Å². The van der Waals surface area contributed by atoms with E-state index in [-0.39, 0.29) is 10.8 Å². The van der Waals surface area contributed by atoms with Gasteiger partial charge in [0.15, 0.2) is 0 Å². The Morgan fingerprint density at radius 3 is 2.21 bits per heavy atom. The van der Waals surface area contributed by atoms with Crippen molar-refractivity contribution in [1.29, 1.82) is 0 Å². The molecule has 0 aliphatic rings. The van der Waals surface area contributed by atoms with Crippen LogP contribution >= 0.6 is 0 Å². The van der Waals surface area contributed by atoms with Crippen LogP contribution in [0, 0.1) is 6.92 Å². The maximum absolute atomic E-state index is 4.95. The summed E-state index contributed by atoms with van der Waals surface area (Å²) in [6, 6.07) is 10.4. The van der Waals surface area contributed by atoms with Gasteiger partial charge >= 0.3 is 0 Å². The molecular weight excluding hydrogens is 294 g/mol. The van der Waals surface area contributed by atoms with Crippen molar-refractivity contribution in [3.8, 4) is 5.69 Å². The van der Waals surface area contributed by atoms with Crippen LogP contribution in [0.15, 0.2) is 36.5 Å². The maximum Gasteiger partial charge on any atom is 0.0743 e. The van der Waals surface area contributed by atoms with Gasteiger partial charge < -0.3 is 0 Å². The summed E-state index contributed by atoms with van der Waals surface area (Å²) in [6.07, 6.45) is 1.84. The minimum Gasteiger partial charge on any atom is -0.256 e. The number of hydrogen-bond acceptors (Lipinski definition) is 2. The van der Waals surface area contributed by atoms with Crippen LogP contribution in [0.2, 0.25) is 0 Å². The SMILES string of the molecule is Cc1nn(-c2cccc3ncccc23)c(C(C)(C)C)c1C(C)(C)C. The lowest BCUT2D eigenvalue weighted by Gasteiger charge is -2.28. The van der Waals surface area contributed by atoms with Gasteiger partial charge in [-0.3, -0.25) is 4.98 Å². The summed E-state index contributed by atoms with van der Waals surface area (Å²) >= 11 is 0. The smallest absolute Gasteiger partial charge is 0.0743 e. The van der Waals surface area contributed by atoms with Gasteiger partial charge in [-0.1, -0.05) is 47.6 Å². The lowest BCUT2D eigenvalue weighted by Crippen LogP contribution is -2.24. The van der Waals surface area contributed by atoms with E-state index in [0.717, 1.165) is 22.3 Å². The Labute approximate surface area is 144 Å². The number of benzene rings is 1. The van der Waals surface area contributed by atoms with E-state index in [9.17, 15) is 0 Å². The second-order valence-corrected chi connectivity index (χ2v) is 8.57. The Hall–Kier alpha value is -2.16. The molecule has 2 aromatic heterocycles. The van der Waals surface area contributed by atoms with Crippen molar-refractivity contribution in [1.82, 2.24) is 14.8 Å². The third kappa shape index (κ3) is 2.72. The summed E-state index contributed by atoms with van der Waals surface area (Å²) in [5.74, 6) is 0. The number of hydrogen-bond donors (Lipinski definition) is 0. The van der Waals surface area contributed by atoms with Gasteiger partial charge in [-0.25, -0.2) is 4.68 Å². The van der Waals surface area contributed by atoms with Crippen molar-refractivity contribution < 1.29 is 0 Å². The fraction of sp³-hybridized carbons (Fsp3) is 0.429. The molecule has 0 aliphatic heterocycles. The van der Waals surface area contributed by atoms with Crippen molar-refractivity contribution in [2.24, 2.45) is 0 Å². The number of pyridine rings is 1. The minimum absolute atomic E-state index is 0.00571. The van der Waals surface area contributed by atoms with E-state index in [1.807, 2.05) is 12.3 Å². The molecule has 0 atom stereocenters. The van der Waals surface area contributed by atoms with Gasteiger partial charge in [0.05, 0.1) is 22.6 Å². The van der Waals surface area contributed by atoms with Crippen molar-refractivity contribution in [2.45, 2.75) is 59.3 Å². The molecule has 126 valence electrons. The molecule has 3 nitrogen and oxygen atoms in total. The van der Waals surface area contributed by atoms with Crippen LogP contribution in [0.3, 0.4) is 0 Å². The first-order valence-electron chi connectivity index (χ1n) is 8.55. The van der Waals surface area contributed by atoms with E-state index in [4.69, 9.17) is 5.10 Å². The zero-order chi connectivity index (χ0) is 17.7. The highest BCUT2D eigenvalue weighted by atomic mass is 15.3. The Morgan fingerprint density at radius 1 is 0.875 bits per heavy atom. The highest BCUT2D eigenvalue weighted by Crippen LogP contribution is 2.38. The molecule has 0 unspecified atom stereocenters. The molecule has 0 N–H and O–H groups in total. The van der Waals surface area contributed by atoms with Crippen LogP contribution < -0.4 is 0 Å². The summed E-state index contributed by atoms with van der Waals surface area (Å²) < 4.78 is 2.14. The number of nitrogens with zero attached hydrogens (tertiary/aromatic N) is 3. The Balaban J connectivity index is 2.41. The quantitative estimate of drug-likeness (QED) is 0.607. The molecule has 0 aliphatic carbocycles. The van der Waals surface area contributed by atoms with Crippen LogP contribution in [-0.4, -0.2) is 14.8 Å². The van der Waals surface area contributed by atoms with Crippen LogP contribution in [0.5, 0.6) is 0 Å². The summed E-state index contributed by atoms with van der Waals surface area (Å²) in [6.45, 7) is 15.7. The van der Waals surface area contributed by atoms with Crippen LogP contribution in [-0.2, 0) is 10.8 Å². The molecule has 24 heavy (non-hydrogen) atoms. The lowest BCUT2D eigenvalue weighted by molar-refractivity contribution is 0.506. The molecule has 0 amide bonds. The Morgan fingerprint density at radius 2 is 1.58 bits per heavy atom. The lowest BCUT2D eigenvalue weighted by atomic mass is 9.78. The molecule has 3 rings (SSSR count). The molecule has 0 saturated carbocycles. The molecule has 3 heteroatoms. The summed E-state index contributed by atoms with van der Waals surface area (Å²) in [7, 11) is 0. The average Bonchev–Trinajstić information content (AvgIpc) is 2.84. The zero-order valence-electron chi connectivity index (χ0n) is 15.8. The monoisotopic (exact) mass is 321 g/mol. The average molecular weight is 321 g/mol. The third-order valence-electron chi connectivity index (χ3n) is 4.37. The van der Waals surface area contributed by atoms with Gasteiger partial charge in [-0.2, -0.15) is 5.10 Å². The number of fused-ring (bicyclic) bond motifs is 1. The molecule has 0 saturated heterocycles. The Kier molecular flexibility index (Phi) is 3.78. The fourth-order valence-electron chi connectivity index (χ4n) is 3.56.